The number of hydrogen-bond acceptors (Lipinski definition) is 1. The van der Waals surface area contributed by atoms with Gasteiger partial charge >= 0.3 is 0 Å². The van der Waals surface area contributed by atoms with Crippen molar-refractivity contribution in [2.75, 3.05) is 6.54 Å². The van der Waals surface area contributed by atoms with E-state index in [1.54, 1.807) is 0 Å². The number of allylic oxidation sites excluding steroid dienone is 3. The Hall–Kier alpha value is -1.34. The van der Waals surface area contributed by atoms with Crippen LogP contribution in [0, 0.1) is 0 Å². The number of hydrogen-bond donors (Lipinski definition) is 1. The molecule has 0 saturated carbocycles. The van der Waals surface area contributed by atoms with Crippen molar-refractivity contribution in [3.05, 3.63) is 59.2 Å². The smallest absolute Gasteiger partial charge is 0.0110 e. The molecule has 0 unspecified atom stereocenters. The predicted molar refractivity (Wildman–Crippen MR) is 71.5 cm³/mol. The van der Waals surface area contributed by atoms with Crippen LogP contribution in [0.2, 0.25) is 0 Å². The molecule has 0 fully saturated rings. The highest BCUT2D eigenvalue weighted by Gasteiger charge is 1.96. The first kappa shape index (κ1) is 12.7. The van der Waals surface area contributed by atoms with Crippen LogP contribution in [-0.2, 0) is 12.8 Å². The number of rotatable bonds is 5. The topological polar surface area (TPSA) is 26.0 Å². The molecule has 0 aliphatic carbocycles. The lowest BCUT2D eigenvalue weighted by molar-refractivity contribution is 1.12. The fourth-order valence-corrected chi connectivity index (χ4v) is 1.61. The maximum atomic E-state index is 5.45. The highest BCUT2D eigenvalue weighted by atomic mass is 14.5. The molecule has 1 aromatic carbocycles. The first-order chi connectivity index (χ1) is 7.80. The lowest BCUT2D eigenvalue weighted by atomic mass is 10.0. The van der Waals surface area contributed by atoms with Crippen LogP contribution in [0.4, 0.5) is 0 Å². The van der Waals surface area contributed by atoms with E-state index in [9.17, 15) is 0 Å². The van der Waals surface area contributed by atoms with Crippen LogP contribution in [-0.4, -0.2) is 6.54 Å². The van der Waals surface area contributed by atoms with Crippen molar-refractivity contribution in [2.24, 2.45) is 5.73 Å². The van der Waals surface area contributed by atoms with Crippen molar-refractivity contribution in [1.82, 2.24) is 0 Å². The standard InChI is InChI=1S/C15H21N/c1-3-13-7-9-15(10-8-13)12-14(4-2)6-5-11-16/h4-10H,3,11-12,16H2,1-2H3/b6-5-,14-4+. The minimum Gasteiger partial charge on any atom is -0.327 e. The Morgan fingerprint density at radius 2 is 1.81 bits per heavy atom. The number of nitrogens with two attached hydrogens (primary N) is 1. The van der Waals surface area contributed by atoms with Crippen LogP contribution in [0.1, 0.15) is 25.0 Å². The van der Waals surface area contributed by atoms with Crippen molar-refractivity contribution >= 4 is 0 Å². The molecule has 0 aliphatic rings. The second kappa shape index (κ2) is 7.02. The van der Waals surface area contributed by atoms with Gasteiger partial charge < -0.3 is 5.73 Å². The highest BCUT2D eigenvalue weighted by Crippen LogP contribution is 2.11. The fraction of sp³-hybridized carbons (Fsp3) is 0.333. The third kappa shape index (κ3) is 4.03. The second-order valence-electron chi connectivity index (χ2n) is 3.85. The minimum absolute atomic E-state index is 0.603. The molecule has 16 heavy (non-hydrogen) atoms. The zero-order valence-electron chi connectivity index (χ0n) is 10.2. The van der Waals surface area contributed by atoms with Gasteiger partial charge in [-0.05, 0) is 36.5 Å². The van der Waals surface area contributed by atoms with Crippen molar-refractivity contribution in [3.8, 4) is 0 Å². The van der Waals surface area contributed by atoms with E-state index >= 15 is 0 Å². The molecule has 0 radical (unpaired) electrons. The van der Waals surface area contributed by atoms with Crippen LogP contribution in [0.25, 0.3) is 0 Å². The van der Waals surface area contributed by atoms with Gasteiger partial charge in [0.2, 0.25) is 0 Å². The van der Waals surface area contributed by atoms with Crippen molar-refractivity contribution in [1.29, 1.82) is 0 Å². The Labute approximate surface area is 98.7 Å². The Kier molecular flexibility index (Phi) is 5.58. The van der Waals surface area contributed by atoms with Gasteiger partial charge in [0.05, 0.1) is 0 Å². The summed E-state index contributed by atoms with van der Waals surface area (Å²) >= 11 is 0. The van der Waals surface area contributed by atoms with E-state index in [2.05, 4.69) is 50.3 Å². The number of aryl methyl sites for hydroxylation is 1. The summed E-state index contributed by atoms with van der Waals surface area (Å²) in [5.41, 5.74) is 9.51. The SMILES string of the molecule is C/C=C(\C=C/CN)Cc1ccc(CC)cc1. The van der Waals surface area contributed by atoms with E-state index in [0.717, 1.165) is 12.8 Å². The summed E-state index contributed by atoms with van der Waals surface area (Å²) in [5, 5.41) is 0. The van der Waals surface area contributed by atoms with Gasteiger partial charge in [0.25, 0.3) is 0 Å². The van der Waals surface area contributed by atoms with Gasteiger partial charge in [-0.3, -0.25) is 0 Å². The van der Waals surface area contributed by atoms with Crippen LogP contribution in [0.3, 0.4) is 0 Å². The van der Waals surface area contributed by atoms with Crippen LogP contribution >= 0.6 is 0 Å². The first-order valence-electron chi connectivity index (χ1n) is 5.89. The molecule has 0 saturated heterocycles. The highest BCUT2D eigenvalue weighted by molar-refractivity contribution is 5.30. The first-order valence-corrected chi connectivity index (χ1v) is 5.89. The average Bonchev–Trinajstić information content (AvgIpc) is 2.35. The summed E-state index contributed by atoms with van der Waals surface area (Å²) in [7, 11) is 0. The molecule has 0 heterocycles. The van der Waals surface area contributed by atoms with Crippen molar-refractivity contribution in [2.45, 2.75) is 26.7 Å². The lowest BCUT2D eigenvalue weighted by Crippen LogP contribution is -1.94. The van der Waals surface area contributed by atoms with Crippen molar-refractivity contribution in [3.63, 3.8) is 0 Å². The molecule has 1 heteroatoms. The average molecular weight is 215 g/mol. The Balaban J connectivity index is 2.67. The maximum absolute atomic E-state index is 5.45. The van der Waals surface area contributed by atoms with Gasteiger partial charge in [-0.15, -0.1) is 0 Å². The molecule has 0 spiro atoms. The normalized spacial score (nSPS) is 12.3. The molecular formula is C15H21N. The van der Waals surface area contributed by atoms with Crippen LogP contribution < -0.4 is 5.73 Å². The Morgan fingerprint density at radius 3 is 2.31 bits per heavy atom. The quantitative estimate of drug-likeness (QED) is 0.750. The van der Waals surface area contributed by atoms with Gasteiger partial charge in [0.15, 0.2) is 0 Å². The second-order valence-corrected chi connectivity index (χ2v) is 3.85. The molecule has 1 nitrogen and oxygen atoms in total. The molecule has 0 atom stereocenters. The maximum Gasteiger partial charge on any atom is 0.0110 e. The summed E-state index contributed by atoms with van der Waals surface area (Å²) in [6, 6.07) is 8.82. The molecule has 0 aliphatic heterocycles. The van der Waals surface area contributed by atoms with Gasteiger partial charge in [-0.2, -0.15) is 0 Å². The van der Waals surface area contributed by atoms with E-state index in [1.165, 1.54) is 16.7 Å². The van der Waals surface area contributed by atoms with E-state index in [0.29, 0.717) is 6.54 Å². The Morgan fingerprint density at radius 1 is 1.19 bits per heavy atom. The van der Waals surface area contributed by atoms with E-state index < -0.39 is 0 Å². The van der Waals surface area contributed by atoms with Crippen LogP contribution in [0.5, 0.6) is 0 Å². The van der Waals surface area contributed by atoms with Crippen LogP contribution in [0.15, 0.2) is 48.1 Å². The molecular weight excluding hydrogens is 194 g/mol. The molecule has 86 valence electrons. The predicted octanol–water partition coefficient (Wildman–Crippen LogP) is 3.25. The van der Waals surface area contributed by atoms with Gasteiger partial charge in [0, 0.05) is 6.54 Å². The summed E-state index contributed by atoms with van der Waals surface area (Å²) < 4.78 is 0. The van der Waals surface area contributed by atoms with Crippen molar-refractivity contribution < 1.29 is 0 Å². The largest absolute Gasteiger partial charge is 0.327 e. The monoisotopic (exact) mass is 215 g/mol. The third-order valence-electron chi connectivity index (χ3n) is 2.68. The van der Waals surface area contributed by atoms with E-state index in [4.69, 9.17) is 5.73 Å². The lowest BCUT2D eigenvalue weighted by Gasteiger charge is -2.03. The van der Waals surface area contributed by atoms with E-state index in [1.807, 2.05) is 6.08 Å². The molecule has 2 N–H and O–H groups in total. The van der Waals surface area contributed by atoms with Gasteiger partial charge in [-0.1, -0.05) is 49.4 Å². The minimum atomic E-state index is 0.603. The van der Waals surface area contributed by atoms with E-state index in [-0.39, 0.29) is 0 Å². The molecule has 1 aromatic rings. The summed E-state index contributed by atoms with van der Waals surface area (Å²) in [6.45, 7) is 4.85. The van der Waals surface area contributed by atoms with Gasteiger partial charge in [0.1, 0.15) is 0 Å². The third-order valence-corrected chi connectivity index (χ3v) is 2.68. The molecule has 0 aromatic heterocycles. The Bertz CT molecular complexity index is 358. The zero-order chi connectivity index (χ0) is 11.8. The molecule has 0 amide bonds. The summed E-state index contributed by atoms with van der Waals surface area (Å²) in [5.74, 6) is 0. The van der Waals surface area contributed by atoms with Gasteiger partial charge in [-0.25, -0.2) is 0 Å². The summed E-state index contributed by atoms with van der Waals surface area (Å²) in [4.78, 5) is 0. The zero-order valence-corrected chi connectivity index (χ0v) is 10.2. The molecule has 0 bridgehead atoms. The summed E-state index contributed by atoms with van der Waals surface area (Å²) in [6.07, 6.45) is 8.32. The fourth-order valence-electron chi connectivity index (χ4n) is 1.61. The number of benzene rings is 1. The molecule has 1 rings (SSSR count).